The number of amides is 2. The van der Waals surface area contributed by atoms with E-state index in [1.54, 1.807) is 11.0 Å². The Kier molecular flexibility index (Phi) is 8.11. The Balaban J connectivity index is 1.63. The lowest BCUT2D eigenvalue weighted by atomic mass is 9.94. The Bertz CT molecular complexity index is 922. The molecule has 0 saturated carbocycles. The molecule has 1 fully saturated rings. The smallest absolute Gasteiger partial charge is 0.243 e. The minimum Gasteiger partial charge on any atom is -0.352 e. The number of hydrogen-bond donors (Lipinski definition) is 2. The third-order valence-electron chi connectivity index (χ3n) is 5.82. The van der Waals surface area contributed by atoms with Gasteiger partial charge in [-0.15, -0.1) is 0 Å². The van der Waals surface area contributed by atoms with Gasteiger partial charge in [-0.05, 0) is 56.0 Å². The summed E-state index contributed by atoms with van der Waals surface area (Å²) in [5, 5.41) is 6.45. The maximum Gasteiger partial charge on any atom is 0.243 e. The summed E-state index contributed by atoms with van der Waals surface area (Å²) in [6, 6.07) is 8.82. The molecule has 2 amide bonds. The highest BCUT2D eigenvalue weighted by Gasteiger charge is 2.36. The van der Waals surface area contributed by atoms with Crippen molar-refractivity contribution in [2.45, 2.75) is 64.2 Å². The van der Waals surface area contributed by atoms with Gasteiger partial charge in [0.25, 0.3) is 0 Å². The average Bonchev–Trinajstić information content (AvgIpc) is 3.14. The van der Waals surface area contributed by atoms with Crippen molar-refractivity contribution in [1.29, 1.82) is 0 Å². The van der Waals surface area contributed by atoms with Crippen LogP contribution in [0.3, 0.4) is 0 Å². The third kappa shape index (κ3) is 6.01. The van der Waals surface area contributed by atoms with Gasteiger partial charge >= 0.3 is 0 Å². The molecule has 0 aromatic heterocycles. The molecule has 2 N–H and O–H groups in total. The van der Waals surface area contributed by atoms with Crippen LogP contribution in [-0.4, -0.2) is 53.0 Å². The lowest BCUT2D eigenvalue weighted by molar-refractivity contribution is -0.136. The number of ketones is 2. The van der Waals surface area contributed by atoms with Crippen LogP contribution in [0.2, 0.25) is 0 Å². The van der Waals surface area contributed by atoms with Gasteiger partial charge in [0, 0.05) is 25.0 Å². The Morgan fingerprint density at radius 3 is 2.56 bits per heavy atom. The fourth-order valence-electron chi connectivity index (χ4n) is 4.13. The van der Waals surface area contributed by atoms with Gasteiger partial charge in [0.2, 0.25) is 23.4 Å². The molecule has 1 aromatic carbocycles. The van der Waals surface area contributed by atoms with Crippen molar-refractivity contribution < 1.29 is 19.2 Å². The second-order valence-electron chi connectivity index (χ2n) is 8.42. The molecule has 3 rings (SSSR count). The predicted molar refractivity (Wildman–Crippen MR) is 122 cm³/mol. The summed E-state index contributed by atoms with van der Waals surface area (Å²) in [4.78, 5) is 50.4. The van der Waals surface area contributed by atoms with Crippen LogP contribution in [0.5, 0.6) is 0 Å². The number of nitrogens with one attached hydrogen (secondary N) is 2. The van der Waals surface area contributed by atoms with E-state index in [4.69, 9.17) is 0 Å². The number of carbonyl (C=O) groups excluding carboxylic acids is 4. The first kappa shape index (κ1) is 23.6. The summed E-state index contributed by atoms with van der Waals surface area (Å²) in [5.41, 5.74) is 1.73. The minimum absolute atomic E-state index is 0.00942. The van der Waals surface area contributed by atoms with Gasteiger partial charge in [-0.2, -0.15) is 0 Å². The van der Waals surface area contributed by atoms with E-state index in [0.717, 1.165) is 24.1 Å². The van der Waals surface area contributed by atoms with Crippen molar-refractivity contribution in [1.82, 2.24) is 15.5 Å². The number of allylic oxidation sites excluding steroid dienone is 2. The summed E-state index contributed by atoms with van der Waals surface area (Å²) in [6.45, 7) is 5.13. The van der Waals surface area contributed by atoms with E-state index in [1.165, 1.54) is 12.2 Å². The number of carbonyl (C=O) groups is 4. The zero-order chi connectivity index (χ0) is 23.1. The van der Waals surface area contributed by atoms with Gasteiger partial charge in [0.15, 0.2) is 0 Å². The van der Waals surface area contributed by atoms with Crippen LogP contribution in [0.4, 0.5) is 0 Å². The molecule has 1 saturated heterocycles. The van der Waals surface area contributed by atoms with Gasteiger partial charge in [-0.3, -0.25) is 19.2 Å². The van der Waals surface area contributed by atoms with Crippen LogP contribution < -0.4 is 10.6 Å². The highest BCUT2D eigenvalue weighted by Crippen LogP contribution is 2.22. The van der Waals surface area contributed by atoms with Crippen molar-refractivity contribution in [2.24, 2.45) is 0 Å². The molecule has 32 heavy (non-hydrogen) atoms. The van der Waals surface area contributed by atoms with Crippen LogP contribution in [0.25, 0.3) is 0 Å². The standard InChI is InChI=1S/C25H31N3O4/c1-3-13-26-20(19-9-11-22(29)23(30)15-19)14-17(2)27-25(32)21-10-12-24(31)28(21)16-18-7-5-4-6-8-18/h4-9,11,15,17,20-21,26H,3,10,12-14,16H2,1-2H3,(H,27,32). The molecule has 7 heteroatoms. The Labute approximate surface area is 188 Å². The molecule has 7 nitrogen and oxygen atoms in total. The monoisotopic (exact) mass is 437 g/mol. The van der Waals surface area contributed by atoms with Gasteiger partial charge in [0.05, 0.1) is 0 Å². The molecule has 0 spiro atoms. The van der Waals surface area contributed by atoms with E-state index < -0.39 is 17.6 Å². The highest BCUT2D eigenvalue weighted by molar-refractivity contribution is 6.46. The first-order chi connectivity index (χ1) is 15.4. The second kappa shape index (κ2) is 11.0. The lowest BCUT2D eigenvalue weighted by Crippen LogP contribution is -2.48. The fourth-order valence-corrected chi connectivity index (χ4v) is 4.13. The lowest BCUT2D eigenvalue weighted by Gasteiger charge is -2.28. The number of likely N-dealkylation sites (tertiary alicyclic amines) is 1. The topological polar surface area (TPSA) is 95.6 Å². The quantitative estimate of drug-likeness (QED) is 0.432. The van der Waals surface area contributed by atoms with Crippen molar-refractivity contribution in [3.05, 3.63) is 59.7 Å². The molecule has 170 valence electrons. The zero-order valence-electron chi connectivity index (χ0n) is 18.7. The van der Waals surface area contributed by atoms with E-state index in [9.17, 15) is 19.2 Å². The Morgan fingerprint density at radius 2 is 1.88 bits per heavy atom. The molecule has 1 heterocycles. The summed E-state index contributed by atoms with van der Waals surface area (Å²) >= 11 is 0. The van der Waals surface area contributed by atoms with E-state index in [0.29, 0.717) is 25.8 Å². The molecule has 1 aliphatic carbocycles. The van der Waals surface area contributed by atoms with Crippen LogP contribution >= 0.6 is 0 Å². The maximum atomic E-state index is 13.0. The van der Waals surface area contributed by atoms with Crippen molar-refractivity contribution in [3.63, 3.8) is 0 Å². The van der Waals surface area contributed by atoms with Crippen molar-refractivity contribution in [3.8, 4) is 0 Å². The van der Waals surface area contributed by atoms with Crippen molar-refractivity contribution >= 4 is 23.4 Å². The summed E-state index contributed by atoms with van der Waals surface area (Å²) in [6.07, 6.45) is 6.69. The van der Waals surface area contributed by atoms with E-state index >= 15 is 0 Å². The van der Waals surface area contributed by atoms with E-state index in [-0.39, 0.29) is 23.9 Å². The average molecular weight is 438 g/mol. The number of rotatable bonds is 10. The maximum absolute atomic E-state index is 13.0. The predicted octanol–water partition coefficient (Wildman–Crippen LogP) is 2.07. The van der Waals surface area contributed by atoms with Crippen LogP contribution in [0.15, 0.2) is 54.1 Å². The molecule has 3 atom stereocenters. The summed E-state index contributed by atoms with van der Waals surface area (Å²) in [5.74, 6) is -1.21. The Morgan fingerprint density at radius 1 is 1.12 bits per heavy atom. The Hall–Kier alpha value is -3.06. The first-order valence-electron chi connectivity index (χ1n) is 11.2. The molecule has 1 aliphatic heterocycles. The second-order valence-corrected chi connectivity index (χ2v) is 8.42. The molecule has 0 bridgehead atoms. The molecule has 0 radical (unpaired) electrons. The molecule has 2 aliphatic rings. The zero-order valence-corrected chi connectivity index (χ0v) is 18.7. The van der Waals surface area contributed by atoms with Crippen LogP contribution in [0, 0.1) is 0 Å². The molecular weight excluding hydrogens is 406 g/mol. The number of nitrogens with zero attached hydrogens (tertiary/aromatic N) is 1. The van der Waals surface area contributed by atoms with Crippen molar-refractivity contribution in [2.75, 3.05) is 6.54 Å². The minimum atomic E-state index is -0.525. The third-order valence-corrected chi connectivity index (χ3v) is 5.82. The van der Waals surface area contributed by atoms with Gasteiger partial charge in [-0.25, -0.2) is 0 Å². The van der Waals surface area contributed by atoms with Crippen LogP contribution in [0.1, 0.15) is 45.1 Å². The summed E-state index contributed by atoms with van der Waals surface area (Å²) in [7, 11) is 0. The molecule has 1 aromatic rings. The summed E-state index contributed by atoms with van der Waals surface area (Å²) < 4.78 is 0. The van der Waals surface area contributed by atoms with Gasteiger partial charge < -0.3 is 15.5 Å². The highest BCUT2D eigenvalue weighted by atomic mass is 16.2. The van der Waals surface area contributed by atoms with Crippen LogP contribution in [-0.2, 0) is 25.7 Å². The van der Waals surface area contributed by atoms with E-state index in [1.807, 2.05) is 44.2 Å². The van der Waals surface area contributed by atoms with E-state index in [2.05, 4.69) is 10.6 Å². The normalized spacial score (nSPS) is 20.3. The SMILES string of the molecule is CCCNC(CC(C)NC(=O)C1CCC(=O)N1Cc1ccccc1)C1=CC(=O)C(=O)C=C1. The molecular formula is C25H31N3O4. The number of hydrogen-bond acceptors (Lipinski definition) is 5. The fraction of sp³-hybridized carbons (Fsp3) is 0.440. The number of benzene rings is 1. The van der Waals surface area contributed by atoms with Gasteiger partial charge in [0.1, 0.15) is 6.04 Å². The first-order valence-corrected chi connectivity index (χ1v) is 11.2. The van der Waals surface area contributed by atoms with Gasteiger partial charge in [-0.1, -0.05) is 43.3 Å². The largest absolute Gasteiger partial charge is 0.352 e. The molecule has 3 unspecified atom stereocenters.